The first-order valence-electron chi connectivity index (χ1n) is 13.0. The molecule has 0 atom stereocenters. The molecule has 200 valence electrons. The molecule has 0 unspecified atom stereocenters. The van der Waals surface area contributed by atoms with Crippen molar-refractivity contribution in [3.63, 3.8) is 0 Å². The maximum atomic E-state index is 11.3. The average Bonchev–Trinajstić information content (AvgIpc) is 2.83. The van der Waals surface area contributed by atoms with Crippen LogP contribution in [0.1, 0.15) is 98.7 Å². The summed E-state index contributed by atoms with van der Waals surface area (Å²) in [5.74, 6) is -1.34. The number of hydrogen-bond acceptors (Lipinski definition) is 8. The van der Waals surface area contributed by atoms with Gasteiger partial charge in [-0.15, -0.1) is 0 Å². The van der Waals surface area contributed by atoms with Gasteiger partial charge < -0.3 is 25.7 Å². The molecule has 0 saturated heterocycles. The Morgan fingerprint density at radius 2 is 1.34 bits per heavy atom. The van der Waals surface area contributed by atoms with Crippen LogP contribution in [0.15, 0.2) is 0 Å². The summed E-state index contributed by atoms with van der Waals surface area (Å²) in [7, 11) is 0. The predicted molar refractivity (Wildman–Crippen MR) is 139 cm³/mol. The van der Waals surface area contributed by atoms with Crippen molar-refractivity contribution in [3.8, 4) is 0 Å². The Balaban J connectivity index is 2.83. The van der Waals surface area contributed by atoms with Crippen molar-refractivity contribution in [2.24, 2.45) is 0 Å². The maximum Gasteiger partial charge on any atom is 0.323 e. The van der Waals surface area contributed by atoms with Gasteiger partial charge in [0.2, 0.25) is 11.9 Å². The van der Waals surface area contributed by atoms with Crippen molar-refractivity contribution in [1.29, 1.82) is 0 Å². The molecule has 1 rings (SSSR count). The molecule has 1 aromatic heterocycles. The zero-order valence-electron chi connectivity index (χ0n) is 22.5. The number of unbranched alkanes of at least 4 members (excludes halogenated alkanes) is 3. The van der Waals surface area contributed by atoms with Crippen LogP contribution in [0.3, 0.4) is 0 Å². The summed E-state index contributed by atoms with van der Waals surface area (Å²) >= 11 is 0. The summed E-state index contributed by atoms with van der Waals surface area (Å²) in [6, 6.07) is 0. The number of nitrogens with one attached hydrogen (secondary N) is 2. The summed E-state index contributed by atoms with van der Waals surface area (Å²) in [6.07, 6.45) is 8.08. The lowest BCUT2D eigenvalue weighted by molar-refractivity contribution is -0.136. The van der Waals surface area contributed by atoms with E-state index in [1.165, 1.54) is 0 Å². The topological polar surface area (TPSA) is 141 Å². The summed E-state index contributed by atoms with van der Waals surface area (Å²) in [5.41, 5.74) is -0.110. The van der Waals surface area contributed by atoms with Crippen LogP contribution in [0.4, 0.5) is 11.9 Å². The molecular weight excluding hydrogens is 448 g/mol. The number of anilines is 2. The van der Waals surface area contributed by atoms with Crippen molar-refractivity contribution in [3.05, 3.63) is 5.82 Å². The Bertz CT molecular complexity index is 780. The van der Waals surface area contributed by atoms with Crippen molar-refractivity contribution in [2.75, 3.05) is 36.4 Å². The molecule has 0 saturated carbocycles. The minimum atomic E-state index is -1.15. The van der Waals surface area contributed by atoms with E-state index < -0.39 is 25.0 Å². The van der Waals surface area contributed by atoms with E-state index in [4.69, 9.17) is 0 Å². The van der Waals surface area contributed by atoms with Gasteiger partial charge in [-0.05, 0) is 52.0 Å². The first-order chi connectivity index (χ1) is 16.5. The van der Waals surface area contributed by atoms with Gasteiger partial charge in [0, 0.05) is 17.5 Å². The summed E-state index contributed by atoms with van der Waals surface area (Å²) in [4.78, 5) is 37.3. The second kappa shape index (κ2) is 14.8. The van der Waals surface area contributed by atoms with Gasteiger partial charge in [-0.2, -0.15) is 15.0 Å². The van der Waals surface area contributed by atoms with Gasteiger partial charge in [-0.3, -0.25) is 9.59 Å². The van der Waals surface area contributed by atoms with Gasteiger partial charge in [0.15, 0.2) is 0 Å². The number of aliphatic carboxylic acids is 2. The highest BCUT2D eigenvalue weighted by atomic mass is 16.4. The normalized spacial score (nSPS) is 11.9. The maximum absolute atomic E-state index is 11.3. The second-order valence-corrected chi connectivity index (χ2v) is 9.73. The van der Waals surface area contributed by atoms with E-state index in [1.54, 1.807) is 0 Å². The molecule has 1 aromatic rings. The fourth-order valence-electron chi connectivity index (χ4n) is 3.64. The minimum absolute atomic E-state index is 0.0661. The number of carboxylic acid groups (broad SMARTS) is 2. The largest absolute Gasteiger partial charge is 0.480 e. The summed E-state index contributed by atoms with van der Waals surface area (Å²) < 4.78 is 0. The van der Waals surface area contributed by atoms with E-state index in [-0.39, 0.29) is 16.9 Å². The Morgan fingerprint density at radius 3 is 1.83 bits per heavy atom. The highest BCUT2D eigenvalue weighted by molar-refractivity contribution is 5.78. The molecule has 0 radical (unpaired) electrons. The number of carboxylic acids is 2. The third-order valence-corrected chi connectivity index (χ3v) is 7.16. The second-order valence-electron chi connectivity index (χ2n) is 9.73. The minimum Gasteiger partial charge on any atom is -0.480 e. The molecule has 1 heterocycles. The van der Waals surface area contributed by atoms with E-state index in [0.717, 1.165) is 62.8 Å². The monoisotopic (exact) mass is 494 g/mol. The zero-order chi connectivity index (χ0) is 26.5. The lowest BCUT2D eigenvalue weighted by atomic mass is 9.84. The van der Waals surface area contributed by atoms with Crippen LogP contribution in [-0.4, -0.2) is 68.8 Å². The molecule has 0 amide bonds. The fraction of sp³-hybridized carbons (Fsp3) is 0.800. The van der Waals surface area contributed by atoms with Crippen molar-refractivity contribution < 1.29 is 19.8 Å². The lowest BCUT2D eigenvalue weighted by Crippen LogP contribution is -2.41. The highest BCUT2D eigenvalue weighted by Crippen LogP contribution is 2.29. The molecule has 10 heteroatoms. The van der Waals surface area contributed by atoms with E-state index in [9.17, 15) is 19.8 Å². The SMILES string of the molecule is CCC(C)(CC)NCCCCCCNc1nc(N(CC(=O)O)CC(=O)O)nc(C(C)(CC)CC)n1. The molecule has 0 spiro atoms. The molecule has 0 fully saturated rings. The van der Waals surface area contributed by atoms with Gasteiger partial charge in [0.1, 0.15) is 18.9 Å². The molecular formula is C25H46N6O4. The van der Waals surface area contributed by atoms with Crippen molar-refractivity contribution >= 4 is 23.8 Å². The summed E-state index contributed by atoms with van der Waals surface area (Å²) in [5, 5.41) is 25.4. The molecule has 0 aromatic carbocycles. The molecule has 0 aliphatic carbocycles. The third kappa shape index (κ3) is 10.3. The smallest absolute Gasteiger partial charge is 0.323 e. The molecule has 0 aliphatic heterocycles. The molecule has 0 bridgehead atoms. The quantitative estimate of drug-likeness (QED) is 0.208. The number of aromatic nitrogens is 3. The van der Waals surface area contributed by atoms with E-state index in [1.807, 2.05) is 20.8 Å². The van der Waals surface area contributed by atoms with Crippen LogP contribution in [0.2, 0.25) is 0 Å². The first-order valence-corrected chi connectivity index (χ1v) is 13.0. The lowest BCUT2D eigenvalue weighted by Gasteiger charge is -2.28. The van der Waals surface area contributed by atoms with Crippen LogP contribution in [0.25, 0.3) is 0 Å². The van der Waals surface area contributed by atoms with Crippen LogP contribution in [-0.2, 0) is 15.0 Å². The number of rotatable bonds is 19. The third-order valence-electron chi connectivity index (χ3n) is 7.16. The van der Waals surface area contributed by atoms with E-state index in [0.29, 0.717) is 18.3 Å². The van der Waals surface area contributed by atoms with Gasteiger partial charge >= 0.3 is 11.9 Å². The van der Waals surface area contributed by atoms with Gasteiger partial charge in [0.05, 0.1) is 0 Å². The van der Waals surface area contributed by atoms with Crippen molar-refractivity contribution in [1.82, 2.24) is 20.3 Å². The number of nitrogens with zero attached hydrogens (tertiary/aromatic N) is 4. The Kier molecular flexibility index (Phi) is 12.9. The molecule has 10 nitrogen and oxygen atoms in total. The summed E-state index contributed by atoms with van der Waals surface area (Å²) in [6.45, 7) is 13.5. The molecule has 0 aliphatic rings. The van der Waals surface area contributed by atoms with Crippen LogP contribution in [0, 0.1) is 0 Å². The van der Waals surface area contributed by atoms with E-state index in [2.05, 4.69) is 46.4 Å². The van der Waals surface area contributed by atoms with Gasteiger partial charge in [-0.1, -0.05) is 47.5 Å². The molecule has 35 heavy (non-hydrogen) atoms. The standard InChI is InChI=1S/C25H46N6O4/c1-7-24(5,8-2)21-28-22(30-23(29-21)31(17-19(32)33)18-20(34)35)26-15-13-11-12-14-16-27-25(6,9-3)10-4/h27H,7-18H2,1-6H3,(H,32,33)(H,34,35)(H,26,28,29,30). The Hall–Kier alpha value is -2.49. The van der Waals surface area contributed by atoms with Crippen LogP contribution >= 0.6 is 0 Å². The van der Waals surface area contributed by atoms with Crippen molar-refractivity contribution in [2.45, 2.75) is 104 Å². The highest BCUT2D eigenvalue weighted by Gasteiger charge is 2.29. The van der Waals surface area contributed by atoms with Gasteiger partial charge in [-0.25, -0.2) is 0 Å². The average molecular weight is 495 g/mol. The van der Waals surface area contributed by atoms with Crippen LogP contribution < -0.4 is 15.5 Å². The Labute approximate surface area is 210 Å². The first kappa shape index (κ1) is 30.5. The molecule has 4 N–H and O–H groups in total. The fourth-order valence-corrected chi connectivity index (χ4v) is 3.64. The van der Waals surface area contributed by atoms with E-state index >= 15 is 0 Å². The Morgan fingerprint density at radius 1 is 0.800 bits per heavy atom. The number of carbonyl (C=O) groups is 2. The number of hydrogen-bond donors (Lipinski definition) is 4. The zero-order valence-corrected chi connectivity index (χ0v) is 22.5. The van der Waals surface area contributed by atoms with Gasteiger partial charge in [0.25, 0.3) is 0 Å². The van der Waals surface area contributed by atoms with Crippen LogP contribution in [0.5, 0.6) is 0 Å². The predicted octanol–water partition coefficient (Wildman–Crippen LogP) is 4.07.